The Hall–Kier alpha value is -3.49. The Morgan fingerprint density at radius 2 is 1.94 bits per heavy atom. The molecule has 2 aromatic carbocycles. The highest BCUT2D eigenvalue weighted by Crippen LogP contribution is 2.35. The Morgan fingerprint density at radius 1 is 1.09 bits per heavy atom. The van der Waals surface area contributed by atoms with Gasteiger partial charge in [0.1, 0.15) is 11.5 Å². The van der Waals surface area contributed by atoms with Gasteiger partial charge in [0.25, 0.3) is 5.91 Å². The molecule has 1 aliphatic heterocycles. The SMILES string of the molecule is COc1ccc(N=C2NC(=O)/C(=C/c3ccc(Sc4cccc5cccnc45)o3)S2)cc1. The highest BCUT2D eigenvalue weighted by Gasteiger charge is 2.24. The first-order valence-corrected chi connectivity index (χ1v) is 11.4. The van der Waals surface area contributed by atoms with Crippen LogP contribution in [0.4, 0.5) is 5.69 Å². The number of para-hydroxylation sites is 1. The van der Waals surface area contributed by atoms with Crippen LogP contribution in [-0.2, 0) is 4.79 Å². The predicted molar refractivity (Wildman–Crippen MR) is 128 cm³/mol. The van der Waals surface area contributed by atoms with Gasteiger partial charge >= 0.3 is 0 Å². The standard InChI is InChI=1S/C24H17N3O3S2/c1-29-17-9-7-16(8-10-17)26-24-27-23(28)20(32-24)14-18-11-12-21(30-18)31-19-6-2-4-15-5-3-13-25-22(15)19/h2-14H,1H3,(H,26,27,28)/b20-14-. The van der Waals surface area contributed by atoms with Gasteiger partial charge in [0, 0.05) is 22.6 Å². The number of benzene rings is 2. The topological polar surface area (TPSA) is 76.7 Å². The lowest BCUT2D eigenvalue weighted by atomic mass is 10.2. The molecule has 2 aromatic heterocycles. The van der Waals surface area contributed by atoms with E-state index in [-0.39, 0.29) is 5.91 Å². The molecule has 1 amide bonds. The van der Waals surface area contributed by atoms with Gasteiger partial charge in [-0.3, -0.25) is 9.78 Å². The van der Waals surface area contributed by atoms with Crippen molar-refractivity contribution in [3.63, 3.8) is 0 Å². The van der Waals surface area contributed by atoms with Crippen molar-refractivity contribution in [1.82, 2.24) is 10.3 Å². The molecule has 3 heterocycles. The number of amidine groups is 1. The van der Waals surface area contributed by atoms with E-state index in [9.17, 15) is 4.79 Å². The summed E-state index contributed by atoms with van der Waals surface area (Å²) in [5.74, 6) is 1.15. The number of hydrogen-bond donors (Lipinski definition) is 1. The molecule has 0 radical (unpaired) electrons. The normalized spacial score (nSPS) is 16.1. The number of rotatable bonds is 5. The zero-order valence-corrected chi connectivity index (χ0v) is 18.6. The van der Waals surface area contributed by atoms with Crippen molar-refractivity contribution >= 4 is 57.3 Å². The summed E-state index contributed by atoms with van der Waals surface area (Å²) >= 11 is 2.78. The van der Waals surface area contributed by atoms with Crippen LogP contribution in [0.3, 0.4) is 0 Å². The molecule has 1 aliphatic rings. The quantitative estimate of drug-likeness (QED) is 0.376. The van der Waals surface area contributed by atoms with Crippen LogP contribution in [0.5, 0.6) is 5.75 Å². The minimum Gasteiger partial charge on any atom is -0.497 e. The lowest BCUT2D eigenvalue weighted by Gasteiger charge is -2.02. The zero-order chi connectivity index (χ0) is 21.9. The number of nitrogens with zero attached hydrogens (tertiary/aromatic N) is 2. The molecule has 4 aromatic rings. The number of amides is 1. The van der Waals surface area contributed by atoms with Crippen LogP contribution >= 0.6 is 23.5 Å². The average molecular weight is 460 g/mol. The summed E-state index contributed by atoms with van der Waals surface area (Å²) in [5, 5.41) is 5.12. The number of aliphatic imine (C=N–C) groups is 1. The van der Waals surface area contributed by atoms with Crippen molar-refractivity contribution in [2.24, 2.45) is 4.99 Å². The van der Waals surface area contributed by atoms with E-state index in [1.807, 2.05) is 66.7 Å². The van der Waals surface area contributed by atoms with Crippen LogP contribution in [0.25, 0.3) is 17.0 Å². The average Bonchev–Trinajstić information content (AvgIpc) is 3.40. The molecule has 1 N–H and O–H groups in total. The maximum absolute atomic E-state index is 12.4. The lowest BCUT2D eigenvalue weighted by molar-refractivity contribution is -0.115. The van der Waals surface area contributed by atoms with Gasteiger partial charge in [-0.15, -0.1) is 0 Å². The molecule has 5 rings (SSSR count). The molecule has 0 aliphatic carbocycles. The maximum atomic E-state index is 12.4. The number of ether oxygens (including phenoxy) is 1. The second kappa shape index (κ2) is 8.94. The van der Waals surface area contributed by atoms with E-state index >= 15 is 0 Å². The summed E-state index contributed by atoms with van der Waals surface area (Å²) in [6.45, 7) is 0. The number of pyridine rings is 1. The van der Waals surface area contributed by atoms with E-state index < -0.39 is 0 Å². The molecule has 0 unspecified atom stereocenters. The molecule has 0 spiro atoms. The van der Waals surface area contributed by atoms with Crippen molar-refractivity contribution in [2.75, 3.05) is 7.11 Å². The lowest BCUT2D eigenvalue weighted by Crippen LogP contribution is -2.19. The number of hydrogen-bond acceptors (Lipinski definition) is 7. The molecule has 8 heteroatoms. The van der Waals surface area contributed by atoms with Crippen LogP contribution < -0.4 is 10.1 Å². The Balaban J connectivity index is 1.32. The van der Waals surface area contributed by atoms with Gasteiger partial charge in [0.15, 0.2) is 10.3 Å². The number of aromatic nitrogens is 1. The molecule has 32 heavy (non-hydrogen) atoms. The van der Waals surface area contributed by atoms with Gasteiger partial charge in [-0.05, 0) is 72.1 Å². The van der Waals surface area contributed by atoms with Crippen molar-refractivity contribution in [1.29, 1.82) is 0 Å². The van der Waals surface area contributed by atoms with E-state index in [1.54, 1.807) is 19.4 Å². The fourth-order valence-corrected chi connectivity index (χ4v) is 4.84. The molecule has 0 bridgehead atoms. The molecule has 0 atom stereocenters. The first-order valence-electron chi connectivity index (χ1n) is 9.73. The molecular weight excluding hydrogens is 442 g/mol. The van der Waals surface area contributed by atoms with Crippen molar-refractivity contribution in [3.8, 4) is 5.75 Å². The van der Waals surface area contributed by atoms with Gasteiger partial charge in [0.2, 0.25) is 0 Å². The second-order valence-electron chi connectivity index (χ2n) is 6.77. The minimum absolute atomic E-state index is 0.203. The summed E-state index contributed by atoms with van der Waals surface area (Å²) in [7, 11) is 1.61. The number of nitrogens with one attached hydrogen (secondary N) is 1. The summed E-state index contributed by atoms with van der Waals surface area (Å²) in [6, 6.07) is 21.1. The van der Waals surface area contributed by atoms with E-state index in [2.05, 4.69) is 15.3 Å². The summed E-state index contributed by atoms with van der Waals surface area (Å²) in [6.07, 6.45) is 3.51. The van der Waals surface area contributed by atoms with Crippen molar-refractivity contribution in [2.45, 2.75) is 9.99 Å². The summed E-state index contributed by atoms with van der Waals surface area (Å²) < 4.78 is 11.1. The van der Waals surface area contributed by atoms with E-state index in [4.69, 9.17) is 9.15 Å². The third kappa shape index (κ3) is 4.42. The Bertz CT molecular complexity index is 1360. The largest absolute Gasteiger partial charge is 0.497 e. The molecular formula is C24H17N3O3S2. The Kier molecular flexibility index (Phi) is 5.70. The molecule has 6 nitrogen and oxygen atoms in total. The highest BCUT2D eigenvalue weighted by atomic mass is 32.2. The fraction of sp³-hybridized carbons (Fsp3) is 0.0417. The van der Waals surface area contributed by atoms with E-state index in [1.165, 1.54) is 23.5 Å². The smallest absolute Gasteiger partial charge is 0.264 e. The number of furan rings is 1. The third-order valence-corrected chi connectivity index (χ3v) is 6.52. The summed E-state index contributed by atoms with van der Waals surface area (Å²) in [5.41, 5.74) is 1.66. The second-order valence-corrected chi connectivity index (χ2v) is 8.85. The number of carbonyl (C=O) groups excluding carboxylic acids is 1. The van der Waals surface area contributed by atoms with E-state index in [0.29, 0.717) is 15.8 Å². The van der Waals surface area contributed by atoms with Gasteiger partial charge < -0.3 is 14.5 Å². The third-order valence-electron chi connectivity index (χ3n) is 4.64. The molecule has 158 valence electrons. The monoisotopic (exact) mass is 459 g/mol. The number of fused-ring (bicyclic) bond motifs is 1. The number of carbonyl (C=O) groups is 1. The highest BCUT2D eigenvalue weighted by molar-refractivity contribution is 8.18. The Labute approximate surface area is 192 Å². The van der Waals surface area contributed by atoms with Crippen LogP contribution in [0.2, 0.25) is 0 Å². The minimum atomic E-state index is -0.203. The van der Waals surface area contributed by atoms with Crippen LogP contribution in [0.15, 0.2) is 97.2 Å². The van der Waals surface area contributed by atoms with Crippen molar-refractivity contribution < 1.29 is 13.9 Å². The van der Waals surface area contributed by atoms with Gasteiger partial charge in [0.05, 0.1) is 23.2 Å². The fourth-order valence-electron chi connectivity index (χ4n) is 3.12. The van der Waals surface area contributed by atoms with Gasteiger partial charge in [-0.25, -0.2) is 4.99 Å². The first kappa shape index (κ1) is 20.4. The van der Waals surface area contributed by atoms with E-state index in [0.717, 1.165) is 32.3 Å². The Morgan fingerprint density at radius 3 is 2.78 bits per heavy atom. The number of thioether (sulfide) groups is 1. The zero-order valence-electron chi connectivity index (χ0n) is 16.9. The molecule has 1 fully saturated rings. The van der Waals surface area contributed by atoms with Crippen LogP contribution in [0, 0.1) is 0 Å². The predicted octanol–water partition coefficient (Wildman–Crippen LogP) is 5.88. The number of methoxy groups -OCH3 is 1. The first-order chi connectivity index (χ1) is 15.7. The summed E-state index contributed by atoms with van der Waals surface area (Å²) in [4.78, 5) is 22.9. The molecule has 0 saturated carbocycles. The van der Waals surface area contributed by atoms with Gasteiger partial charge in [-0.2, -0.15) is 0 Å². The van der Waals surface area contributed by atoms with Crippen LogP contribution in [0.1, 0.15) is 5.76 Å². The molecule has 1 saturated heterocycles. The van der Waals surface area contributed by atoms with Crippen LogP contribution in [-0.4, -0.2) is 23.2 Å². The maximum Gasteiger partial charge on any atom is 0.264 e. The van der Waals surface area contributed by atoms with Gasteiger partial charge in [-0.1, -0.05) is 18.2 Å². The van der Waals surface area contributed by atoms with Crippen molar-refractivity contribution in [3.05, 3.63) is 83.6 Å².